The zero-order chi connectivity index (χ0) is 25.4. The number of rotatable bonds is 1. The van der Waals surface area contributed by atoms with Crippen LogP contribution >= 0.6 is 11.8 Å². The predicted molar refractivity (Wildman–Crippen MR) is 124 cm³/mol. The van der Waals surface area contributed by atoms with E-state index >= 15 is 4.39 Å². The molecule has 1 saturated heterocycles. The number of aromatic nitrogens is 1. The van der Waals surface area contributed by atoms with Crippen LogP contribution in [0.4, 0.5) is 17.6 Å². The van der Waals surface area contributed by atoms with Crippen LogP contribution in [0.3, 0.4) is 0 Å². The van der Waals surface area contributed by atoms with E-state index in [9.17, 15) is 27.9 Å². The van der Waals surface area contributed by atoms with E-state index in [1.807, 2.05) is 12.1 Å². The second kappa shape index (κ2) is 8.02. The molecule has 6 nitrogen and oxygen atoms in total. The molecule has 11 heteroatoms. The predicted octanol–water partition coefficient (Wildman–Crippen LogP) is 4.38. The molecule has 2 atom stereocenters. The average molecular weight is 518 g/mol. The van der Waals surface area contributed by atoms with Crippen molar-refractivity contribution in [2.75, 3.05) is 11.6 Å². The fourth-order valence-corrected chi connectivity index (χ4v) is 6.46. The summed E-state index contributed by atoms with van der Waals surface area (Å²) in [5.74, 6) is -6.79. The topological polar surface area (TPSA) is 65.8 Å². The summed E-state index contributed by atoms with van der Waals surface area (Å²) in [5, 5.41) is 12.2. The van der Waals surface area contributed by atoms with E-state index < -0.39 is 65.5 Å². The molecule has 1 amide bonds. The van der Waals surface area contributed by atoms with E-state index in [4.69, 9.17) is 0 Å². The van der Waals surface area contributed by atoms with Crippen molar-refractivity contribution in [3.05, 3.63) is 92.9 Å². The molecule has 0 unspecified atom stereocenters. The summed E-state index contributed by atoms with van der Waals surface area (Å²) < 4.78 is 59.6. The highest BCUT2D eigenvalue weighted by Crippen LogP contribution is 2.46. The Morgan fingerprint density at radius 3 is 2.61 bits per heavy atom. The zero-order valence-corrected chi connectivity index (χ0v) is 19.4. The molecule has 3 aliphatic heterocycles. The Morgan fingerprint density at radius 1 is 1.03 bits per heavy atom. The van der Waals surface area contributed by atoms with Gasteiger partial charge in [0.05, 0.1) is 12.6 Å². The summed E-state index contributed by atoms with van der Waals surface area (Å²) in [7, 11) is 0. The molecular formula is C25H19F4N3O3S. The molecule has 1 fully saturated rings. The van der Waals surface area contributed by atoms with E-state index in [2.05, 4.69) is 0 Å². The van der Waals surface area contributed by atoms with Crippen LogP contribution in [0.5, 0.6) is 5.75 Å². The summed E-state index contributed by atoms with van der Waals surface area (Å²) in [5.41, 5.74) is -0.0557. The van der Waals surface area contributed by atoms with Crippen LogP contribution in [0.25, 0.3) is 0 Å². The monoisotopic (exact) mass is 517 g/mol. The Morgan fingerprint density at radius 2 is 1.81 bits per heavy atom. The first-order valence-electron chi connectivity index (χ1n) is 11.3. The summed E-state index contributed by atoms with van der Waals surface area (Å²) in [6.07, 6.45) is -0.198. The van der Waals surface area contributed by atoms with Crippen molar-refractivity contribution < 1.29 is 27.5 Å². The number of benzene rings is 2. The standard InChI is InChI=1S/C25H19F4N3O3S/c26-16-6-5-13-15(20(16)27)11-36-18-4-2-1-3-14(18)21(13)32-19-7-9-25(28,29)12-30(19)24(35)22-23(34)17(33)8-10-31(22)32/h1-6,8,10,19,21,34H,7,9,11-12H2/t19-,21+/m1/s1. The molecular weight excluding hydrogens is 498 g/mol. The molecule has 186 valence electrons. The number of alkyl halides is 2. The first-order valence-corrected chi connectivity index (χ1v) is 12.3. The van der Waals surface area contributed by atoms with Crippen LogP contribution in [-0.2, 0) is 5.75 Å². The van der Waals surface area contributed by atoms with Crippen molar-refractivity contribution >= 4 is 17.7 Å². The molecule has 0 bridgehead atoms. The molecule has 3 aromatic rings. The molecule has 1 aromatic heterocycles. The smallest absolute Gasteiger partial charge is 0.278 e. The maximum absolute atomic E-state index is 15.1. The summed E-state index contributed by atoms with van der Waals surface area (Å²) in [4.78, 5) is 27.3. The lowest BCUT2D eigenvalue weighted by molar-refractivity contribution is -0.0798. The number of amides is 1. The normalized spacial score (nSPS) is 22.3. The zero-order valence-electron chi connectivity index (χ0n) is 18.6. The molecule has 0 aliphatic carbocycles. The van der Waals surface area contributed by atoms with Crippen LogP contribution in [0.2, 0.25) is 0 Å². The summed E-state index contributed by atoms with van der Waals surface area (Å²) >= 11 is 1.32. The number of pyridine rings is 1. The minimum Gasteiger partial charge on any atom is -0.502 e. The number of halogens is 4. The van der Waals surface area contributed by atoms with Gasteiger partial charge in [0.25, 0.3) is 11.8 Å². The first kappa shape index (κ1) is 23.0. The van der Waals surface area contributed by atoms with Gasteiger partial charge in [0.2, 0.25) is 5.43 Å². The molecule has 0 radical (unpaired) electrons. The van der Waals surface area contributed by atoms with Crippen molar-refractivity contribution in [3.8, 4) is 5.75 Å². The minimum absolute atomic E-state index is 0.115. The lowest BCUT2D eigenvalue weighted by Gasteiger charge is -2.52. The Bertz CT molecular complexity index is 1480. The van der Waals surface area contributed by atoms with Gasteiger partial charge in [-0.25, -0.2) is 17.6 Å². The van der Waals surface area contributed by atoms with Gasteiger partial charge in [-0.05, 0) is 29.7 Å². The molecule has 6 rings (SSSR count). The molecule has 0 spiro atoms. The van der Waals surface area contributed by atoms with Crippen molar-refractivity contribution in [3.63, 3.8) is 0 Å². The lowest BCUT2D eigenvalue weighted by Crippen LogP contribution is -2.66. The SMILES string of the molecule is O=C1c2c(O)c(=O)ccn2N([C@@H]2c3ccccc3SCc3c2ccc(F)c3F)[C@@H]2CCC(F)(F)CN12. The Balaban J connectivity index is 1.66. The summed E-state index contributed by atoms with van der Waals surface area (Å²) in [6, 6.07) is 9.95. The molecule has 4 heterocycles. The average Bonchev–Trinajstić information content (AvgIpc) is 3.01. The Hall–Kier alpha value is -3.47. The number of fused-ring (bicyclic) bond motifs is 4. The highest BCUT2D eigenvalue weighted by atomic mass is 32.2. The molecule has 2 aromatic carbocycles. The van der Waals surface area contributed by atoms with Gasteiger partial charge in [0.1, 0.15) is 6.17 Å². The number of hydrogen-bond acceptors (Lipinski definition) is 5. The molecule has 0 saturated carbocycles. The highest BCUT2D eigenvalue weighted by molar-refractivity contribution is 7.98. The van der Waals surface area contributed by atoms with Gasteiger partial charge in [-0.1, -0.05) is 24.3 Å². The van der Waals surface area contributed by atoms with Gasteiger partial charge >= 0.3 is 0 Å². The fraction of sp³-hybridized carbons (Fsp3) is 0.280. The Kier molecular flexibility index (Phi) is 5.12. The van der Waals surface area contributed by atoms with Crippen molar-refractivity contribution in [1.82, 2.24) is 9.58 Å². The quantitative estimate of drug-likeness (QED) is 0.486. The fourth-order valence-electron chi connectivity index (χ4n) is 5.35. The van der Waals surface area contributed by atoms with Crippen LogP contribution < -0.4 is 10.4 Å². The maximum Gasteiger partial charge on any atom is 0.278 e. The second-order valence-corrected chi connectivity index (χ2v) is 10.1. The van der Waals surface area contributed by atoms with Gasteiger partial charge < -0.3 is 10.0 Å². The van der Waals surface area contributed by atoms with E-state index in [1.165, 1.54) is 28.7 Å². The van der Waals surface area contributed by atoms with E-state index in [1.54, 1.807) is 17.1 Å². The van der Waals surface area contributed by atoms with Crippen LogP contribution in [0.1, 0.15) is 46.1 Å². The summed E-state index contributed by atoms with van der Waals surface area (Å²) in [6.45, 7) is -0.900. The molecule has 36 heavy (non-hydrogen) atoms. The highest BCUT2D eigenvalue weighted by Gasteiger charge is 2.51. The van der Waals surface area contributed by atoms with Crippen molar-refractivity contribution in [1.29, 1.82) is 0 Å². The number of piperidine rings is 1. The third-order valence-electron chi connectivity index (χ3n) is 6.98. The van der Waals surface area contributed by atoms with Crippen LogP contribution in [-0.4, -0.2) is 39.2 Å². The first-order chi connectivity index (χ1) is 17.2. The Labute approximate surface area is 206 Å². The van der Waals surface area contributed by atoms with Gasteiger partial charge in [-0.2, -0.15) is 0 Å². The second-order valence-electron chi connectivity index (χ2n) is 9.07. The number of carbonyl (C=O) groups excluding carboxylic acids is 1. The number of hydrogen-bond donors (Lipinski definition) is 1. The number of nitrogens with zero attached hydrogens (tertiary/aromatic N) is 3. The van der Waals surface area contributed by atoms with Gasteiger partial charge in [0, 0.05) is 34.9 Å². The largest absolute Gasteiger partial charge is 0.502 e. The van der Waals surface area contributed by atoms with Crippen molar-refractivity contribution in [2.45, 2.75) is 41.6 Å². The number of carbonyl (C=O) groups is 1. The van der Waals surface area contributed by atoms with Crippen LogP contribution in [0, 0.1) is 11.6 Å². The van der Waals surface area contributed by atoms with E-state index in [-0.39, 0.29) is 17.7 Å². The molecule has 1 N–H and O–H groups in total. The number of aromatic hydroxyl groups is 1. The minimum atomic E-state index is -3.16. The van der Waals surface area contributed by atoms with Crippen LogP contribution in [0.15, 0.2) is 58.4 Å². The van der Waals surface area contributed by atoms with Crippen molar-refractivity contribution in [2.24, 2.45) is 0 Å². The van der Waals surface area contributed by atoms with E-state index in [0.717, 1.165) is 21.9 Å². The van der Waals surface area contributed by atoms with Gasteiger partial charge in [-0.3, -0.25) is 19.3 Å². The maximum atomic E-state index is 15.1. The third-order valence-corrected chi connectivity index (χ3v) is 8.09. The number of thioether (sulfide) groups is 1. The molecule has 3 aliphatic rings. The van der Waals surface area contributed by atoms with Gasteiger partial charge in [0.15, 0.2) is 23.1 Å². The third kappa shape index (κ3) is 3.32. The van der Waals surface area contributed by atoms with Gasteiger partial charge in [-0.15, -0.1) is 11.8 Å². The van der Waals surface area contributed by atoms with E-state index in [0.29, 0.717) is 11.1 Å². The lowest BCUT2D eigenvalue weighted by atomic mass is 9.91.